The SMILES string of the molecule is CC(=O)O[C@H]1[C@H](O)[C@H](OP(=O)(O)O)O[C@@H]1CF. The molecule has 0 amide bonds. The second-order valence-corrected chi connectivity index (χ2v) is 4.55. The summed E-state index contributed by atoms with van der Waals surface area (Å²) in [6.07, 6.45) is -6.12. The summed E-state index contributed by atoms with van der Waals surface area (Å²) < 4.78 is 36.4. The Bertz CT molecular complexity index is 330. The van der Waals surface area contributed by atoms with E-state index < -0.39 is 45.1 Å². The summed E-state index contributed by atoms with van der Waals surface area (Å²) in [4.78, 5) is 27.7. The quantitative estimate of drug-likeness (QED) is 0.444. The average molecular weight is 274 g/mol. The molecule has 4 atom stereocenters. The molecule has 0 spiro atoms. The number of phosphoric acid groups is 1. The molecule has 3 N–H and O–H groups in total. The van der Waals surface area contributed by atoms with Gasteiger partial charge in [0.05, 0.1) is 0 Å². The summed E-state index contributed by atoms with van der Waals surface area (Å²) in [5.41, 5.74) is 0. The van der Waals surface area contributed by atoms with Crippen LogP contribution in [0.3, 0.4) is 0 Å². The van der Waals surface area contributed by atoms with E-state index in [4.69, 9.17) is 14.5 Å². The van der Waals surface area contributed by atoms with Gasteiger partial charge in [-0.2, -0.15) is 0 Å². The van der Waals surface area contributed by atoms with Crippen molar-refractivity contribution >= 4 is 13.8 Å². The maximum atomic E-state index is 12.5. The smallest absolute Gasteiger partial charge is 0.457 e. The zero-order valence-electron chi connectivity index (χ0n) is 8.72. The van der Waals surface area contributed by atoms with Gasteiger partial charge in [0.15, 0.2) is 12.4 Å². The summed E-state index contributed by atoms with van der Waals surface area (Å²) in [6, 6.07) is 0. The van der Waals surface area contributed by atoms with Gasteiger partial charge in [-0.3, -0.25) is 9.32 Å². The van der Waals surface area contributed by atoms with Gasteiger partial charge in [-0.25, -0.2) is 8.96 Å². The fourth-order valence-electron chi connectivity index (χ4n) is 1.39. The zero-order valence-corrected chi connectivity index (χ0v) is 9.62. The molecule has 8 nitrogen and oxygen atoms in total. The van der Waals surface area contributed by atoms with E-state index in [9.17, 15) is 18.9 Å². The molecule has 0 saturated carbocycles. The molecule has 10 heteroatoms. The van der Waals surface area contributed by atoms with Crippen LogP contribution in [0.2, 0.25) is 0 Å². The minimum absolute atomic E-state index is 0.784. The van der Waals surface area contributed by atoms with Crippen molar-refractivity contribution in [1.29, 1.82) is 0 Å². The highest BCUT2D eigenvalue weighted by Crippen LogP contribution is 2.41. The average Bonchev–Trinajstić information content (AvgIpc) is 2.43. The first-order valence-electron chi connectivity index (χ1n) is 4.55. The second-order valence-electron chi connectivity index (χ2n) is 3.36. The van der Waals surface area contributed by atoms with Crippen molar-refractivity contribution in [3.8, 4) is 0 Å². The van der Waals surface area contributed by atoms with Crippen molar-refractivity contribution < 1.29 is 42.6 Å². The molecule has 100 valence electrons. The van der Waals surface area contributed by atoms with Crippen LogP contribution < -0.4 is 0 Å². The van der Waals surface area contributed by atoms with Gasteiger partial charge in [-0.05, 0) is 0 Å². The number of hydrogen-bond donors (Lipinski definition) is 3. The van der Waals surface area contributed by atoms with Gasteiger partial charge in [-0.15, -0.1) is 0 Å². The number of hydrogen-bond acceptors (Lipinski definition) is 6. The largest absolute Gasteiger partial charge is 0.472 e. The topological polar surface area (TPSA) is 123 Å². The van der Waals surface area contributed by atoms with E-state index in [1.54, 1.807) is 0 Å². The van der Waals surface area contributed by atoms with Crippen LogP contribution in [-0.4, -0.2) is 52.1 Å². The van der Waals surface area contributed by atoms with Crippen molar-refractivity contribution in [1.82, 2.24) is 0 Å². The molecule has 1 rings (SSSR count). The van der Waals surface area contributed by atoms with Crippen LogP contribution in [0.5, 0.6) is 0 Å². The van der Waals surface area contributed by atoms with Crippen LogP contribution in [-0.2, 0) is 23.4 Å². The minimum Gasteiger partial charge on any atom is -0.457 e. The first-order chi connectivity index (χ1) is 7.74. The third kappa shape index (κ3) is 3.98. The highest BCUT2D eigenvalue weighted by atomic mass is 31.2. The molecule has 0 aliphatic carbocycles. The molecule has 1 saturated heterocycles. The van der Waals surface area contributed by atoms with Crippen LogP contribution in [0.25, 0.3) is 0 Å². The number of esters is 1. The van der Waals surface area contributed by atoms with E-state index in [0.29, 0.717) is 0 Å². The predicted molar refractivity (Wildman–Crippen MR) is 49.3 cm³/mol. The second kappa shape index (κ2) is 5.38. The van der Waals surface area contributed by atoms with E-state index in [-0.39, 0.29) is 0 Å². The number of alkyl halides is 1. The molecule has 0 aromatic heterocycles. The Morgan fingerprint density at radius 1 is 1.53 bits per heavy atom. The monoisotopic (exact) mass is 274 g/mol. The van der Waals surface area contributed by atoms with E-state index >= 15 is 0 Å². The number of carbonyl (C=O) groups excluding carboxylic acids is 1. The molecule has 0 radical (unpaired) electrons. The number of carbonyl (C=O) groups is 1. The van der Waals surface area contributed by atoms with Gasteiger partial charge in [-0.1, -0.05) is 0 Å². The van der Waals surface area contributed by atoms with Crippen LogP contribution in [0.15, 0.2) is 0 Å². The van der Waals surface area contributed by atoms with Gasteiger partial charge in [0.1, 0.15) is 18.9 Å². The van der Waals surface area contributed by atoms with E-state index in [2.05, 4.69) is 9.26 Å². The van der Waals surface area contributed by atoms with Crippen LogP contribution in [0, 0.1) is 0 Å². The van der Waals surface area contributed by atoms with Crippen LogP contribution in [0.1, 0.15) is 6.92 Å². The lowest BCUT2D eigenvalue weighted by atomic mass is 10.1. The zero-order chi connectivity index (χ0) is 13.2. The first kappa shape index (κ1) is 14.5. The Kier molecular flexibility index (Phi) is 4.59. The molecule has 0 aromatic rings. The fourth-order valence-corrected chi connectivity index (χ4v) is 1.83. The number of ether oxygens (including phenoxy) is 2. The summed E-state index contributed by atoms with van der Waals surface area (Å²) in [5.74, 6) is -0.784. The molecule has 1 heterocycles. The minimum atomic E-state index is -4.90. The summed E-state index contributed by atoms with van der Waals surface area (Å²) >= 11 is 0. The summed E-state index contributed by atoms with van der Waals surface area (Å²) in [5, 5.41) is 9.53. The van der Waals surface area contributed by atoms with Gasteiger partial charge >= 0.3 is 13.8 Å². The lowest BCUT2D eigenvalue weighted by Crippen LogP contribution is -2.37. The molecule has 0 aromatic carbocycles. The van der Waals surface area contributed by atoms with Gasteiger partial charge < -0.3 is 24.4 Å². The molecule has 17 heavy (non-hydrogen) atoms. The standard InChI is InChI=1S/C7H12FO8P/c1-3(9)14-6-4(2-8)15-7(5(6)10)16-17(11,12)13/h4-7,10H,2H2,1H3,(H2,11,12,13)/t4-,5+,6-,7+/m1/s1. The highest BCUT2D eigenvalue weighted by molar-refractivity contribution is 7.46. The van der Waals surface area contributed by atoms with E-state index in [1.807, 2.05) is 0 Å². The number of halogens is 1. The third-order valence-electron chi connectivity index (χ3n) is 1.99. The van der Waals surface area contributed by atoms with Crippen molar-refractivity contribution in [2.75, 3.05) is 6.67 Å². The maximum Gasteiger partial charge on any atom is 0.472 e. The number of aliphatic hydroxyl groups excluding tert-OH is 1. The summed E-state index contributed by atoms with van der Waals surface area (Å²) in [6.45, 7) is -0.0603. The number of rotatable bonds is 4. The van der Waals surface area contributed by atoms with Crippen LogP contribution in [0.4, 0.5) is 4.39 Å². The van der Waals surface area contributed by atoms with E-state index in [1.165, 1.54) is 0 Å². The summed E-state index contributed by atoms with van der Waals surface area (Å²) in [7, 11) is -4.90. The molecule has 0 unspecified atom stereocenters. The number of aliphatic hydroxyl groups is 1. The predicted octanol–water partition coefficient (Wildman–Crippen LogP) is -0.917. The highest BCUT2D eigenvalue weighted by Gasteiger charge is 2.48. The Labute approximate surface area is 95.5 Å². The third-order valence-corrected chi connectivity index (χ3v) is 2.47. The molecule has 1 aliphatic heterocycles. The normalized spacial score (nSPS) is 33.7. The van der Waals surface area contributed by atoms with Crippen LogP contribution >= 0.6 is 7.82 Å². The van der Waals surface area contributed by atoms with Gasteiger partial charge in [0.2, 0.25) is 0 Å². The lowest BCUT2D eigenvalue weighted by molar-refractivity contribution is -0.153. The van der Waals surface area contributed by atoms with Crippen molar-refractivity contribution in [2.24, 2.45) is 0 Å². The van der Waals surface area contributed by atoms with Crippen molar-refractivity contribution in [3.63, 3.8) is 0 Å². The molecule has 1 aliphatic rings. The molecular weight excluding hydrogens is 262 g/mol. The molecule has 0 bridgehead atoms. The maximum absolute atomic E-state index is 12.5. The Hall–Kier alpha value is -0.570. The van der Waals surface area contributed by atoms with Gasteiger partial charge in [0.25, 0.3) is 0 Å². The van der Waals surface area contributed by atoms with Crippen molar-refractivity contribution in [2.45, 2.75) is 31.5 Å². The Morgan fingerprint density at radius 2 is 2.12 bits per heavy atom. The fraction of sp³-hybridized carbons (Fsp3) is 0.857. The Morgan fingerprint density at radius 3 is 2.53 bits per heavy atom. The number of phosphoric ester groups is 1. The van der Waals surface area contributed by atoms with Gasteiger partial charge in [0, 0.05) is 6.92 Å². The lowest BCUT2D eigenvalue weighted by Gasteiger charge is -2.18. The molecule has 1 fully saturated rings. The molecular formula is C7H12FO8P. The first-order valence-corrected chi connectivity index (χ1v) is 6.08. The van der Waals surface area contributed by atoms with Crippen molar-refractivity contribution in [3.05, 3.63) is 0 Å². The Balaban J connectivity index is 2.73. The van der Waals surface area contributed by atoms with E-state index in [0.717, 1.165) is 6.92 Å².